The Hall–Kier alpha value is -2.16. The second-order valence-electron chi connectivity index (χ2n) is 5.26. The molecule has 22 heavy (non-hydrogen) atoms. The van der Waals surface area contributed by atoms with Gasteiger partial charge in [0, 0.05) is 25.3 Å². The third-order valence-electron chi connectivity index (χ3n) is 3.85. The lowest BCUT2D eigenvalue weighted by molar-refractivity contribution is -0.214. The number of nitrogens with one attached hydrogen (secondary N) is 1. The molecule has 1 saturated heterocycles. The largest absolute Gasteiger partial charge is 0.414 e. The Morgan fingerprint density at radius 1 is 1.41 bits per heavy atom. The Morgan fingerprint density at radius 3 is 2.73 bits per heavy atom. The lowest BCUT2D eigenvalue weighted by atomic mass is 9.97. The van der Waals surface area contributed by atoms with Crippen molar-refractivity contribution >= 4 is 10.9 Å². The molecule has 0 spiro atoms. The first kappa shape index (κ1) is 14.8. The van der Waals surface area contributed by atoms with Crippen LogP contribution >= 0.6 is 0 Å². The van der Waals surface area contributed by atoms with Gasteiger partial charge in [0.15, 0.2) is 5.54 Å². The minimum absolute atomic E-state index is 0.0683. The Labute approximate surface area is 121 Å². The van der Waals surface area contributed by atoms with Crippen molar-refractivity contribution < 1.29 is 17.9 Å². The number of rotatable bonds is 1. The summed E-state index contributed by atoms with van der Waals surface area (Å²) in [5, 5.41) is -0.0688. The van der Waals surface area contributed by atoms with Crippen molar-refractivity contribution in [1.82, 2.24) is 14.5 Å². The van der Waals surface area contributed by atoms with E-state index in [1.54, 1.807) is 0 Å². The van der Waals surface area contributed by atoms with Crippen LogP contribution in [0.1, 0.15) is 12.2 Å². The number of halogens is 3. The molecule has 1 unspecified atom stereocenters. The zero-order valence-corrected chi connectivity index (χ0v) is 11.5. The number of hydrogen-bond donors (Lipinski definition) is 1. The van der Waals surface area contributed by atoms with E-state index >= 15 is 0 Å². The third-order valence-corrected chi connectivity index (χ3v) is 3.85. The van der Waals surface area contributed by atoms with Crippen molar-refractivity contribution in [3.8, 4) is 0 Å². The number of H-pyrrole nitrogens is 1. The average Bonchev–Trinajstić information content (AvgIpc) is 2.87. The molecule has 118 valence electrons. The first-order valence-corrected chi connectivity index (χ1v) is 6.53. The summed E-state index contributed by atoms with van der Waals surface area (Å²) >= 11 is 0. The number of hydrogen-bond acceptors (Lipinski definition) is 4. The number of aromatic nitrogens is 3. The first-order chi connectivity index (χ1) is 10.2. The van der Waals surface area contributed by atoms with E-state index in [9.17, 15) is 22.8 Å². The Morgan fingerprint density at radius 2 is 2.14 bits per heavy atom. The third kappa shape index (κ3) is 2.04. The van der Waals surface area contributed by atoms with Crippen LogP contribution in [0.15, 0.2) is 21.9 Å². The van der Waals surface area contributed by atoms with Crippen LogP contribution in [-0.2, 0) is 10.3 Å². The maximum atomic E-state index is 13.5. The second kappa shape index (κ2) is 4.67. The van der Waals surface area contributed by atoms with Crippen molar-refractivity contribution in [2.75, 3.05) is 13.2 Å². The van der Waals surface area contributed by atoms with Crippen LogP contribution < -0.4 is 11.1 Å². The fraction of sp³-hybridized carbons (Fsp3) is 0.462. The average molecular weight is 315 g/mol. The molecule has 0 bridgehead atoms. The Bertz CT molecular complexity index is 847. The Balaban J connectivity index is 2.34. The van der Waals surface area contributed by atoms with Gasteiger partial charge in [-0.15, -0.1) is 0 Å². The van der Waals surface area contributed by atoms with E-state index in [0.29, 0.717) is 4.57 Å². The van der Waals surface area contributed by atoms with E-state index in [1.165, 1.54) is 6.92 Å². The van der Waals surface area contributed by atoms with Crippen LogP contribution in [0.3, 0.4) is 0 Å². The van der Waals surface area contributed by atoms with Gasteiger partial charge >= 0.3 is 6.18 Å². The highest BCUT2D eigenvalue weighted by atomic mass is 19.4. The maximum Gasteiger partial charge on any atom is 0.414 e. The highest BCUT2D eigenvalue weighted by Crippen LogP contribution is 2.42. The van der Waals surface area contributed by atoms with Crippen LogP contribution in [0.5, 0.6) is 0 Å². The highest BCUT2D eigenvalue weighted by molar-refractivity contribution is 5.76. The van der Waals surface area contributed by atoms with E-state index in [4.69, 9.17) is 4.74 Å². The lowest BCUT2D eigenvalue weighted by Gasteiger charge is -2.32. The molecule has 2 aromatic heterocycles. The summed E-state index contributed by atoms with van der Waals surface area (Å²) in [6, 6.07) is 0.948. The van der Waals surface area contributed by atoms with Crippen molar-refractivity contribution in [3.63, 3.8) is 0 Å². The normalized spacial score (nSPS) is 22.4. The SMILES string of the molecule is Cc1nc2cc(=O)n(C3(C(F)(F)F)CCOC3)cc2c(=O)[nH]1. The highest BCUT2D eigenvalue weighted by Gasteiger charge is 2.59. The molecule has 2 aromatic rings. The summed E-state index contributed by atoms with van der Waals surface area (Å²) in [4.78, 5) is 30.4. The van der Waals surface area contributed by atoms with Gasteiger partial charge in [-0.1, -0.05) is 0 Å². The Kier molecular flexibility index (Phi) is 3.13. The minimum atomic E-state index is -4.67. The quantitative estimate of drug-likeness (QED) is 0.854. The van der Waals surface area contributed by atoms with E-state index < -0.39 is 29.4 Å². The van der Waals surface area contributed by atoms with E-state index in [0.717, 1.165) is 12.3 Å². The van der Waals surface area contributed by atoms with E-state index in [2.05, 4.69) is 9.97 Å². The molecule has 3 heterocycles. The molecule has 6 nitrogen and oxygen atoms in total. The zero-order valence-electron chi connectivity index (χ0n) is 11.5. The molecule has 0 aliphatic carbocycles. The molecular weight excluding hydrogens is 303 g/mol. The first-order valence-electron chi connectivity index (χ1n) is 6.53. The van der Waals surface area contributed by atoms with Crippen molar-refractivity contribution in [2.24, 2.45) is 0 Å². The maximum absolute atomic E-state index is 13.5. The molecule has 1 atom stereocenters. The summed E-state index contributed by atoms with van der Waals surface area (Å²) in [6.45, 7) is 0.764. The molecule has 1 aliphatic heterocycles. The number of aromatic amines is 1. The zero-order chi connectivity index (χ0) is 16.1. The molecule has 1 fully saturated rings. The molecule has 1 aliphatic rings. The van der Waals surface area contributed by atoms with E-state index in [1.807, 2.05) is 0 Å². The fourth-order valence-corrected chi connectivity index (χ4v) is 2.67. The van der Waals surface area contributed by atoms with Gasteiger partial charge in [-0.3, -0.25) is 14.2 Å². The van der Waals surface area contributed by atoms with Crippen molar-refractivity contribution in [3.05, 3.63) is 38.8 Å². The molecule has 0 radical (unpaired) electrons. The fourth-order valence-electron chi connectivity index (χ4n) is 2.67. The number of ether oxygens (including phenoxy) is 1. The predicted octanol–water partition coefficient (Wildman–Crippen LogP) is 1.07. The topological polar surface area (TPSA) is 77.0 Å². The van der Waals surface area contributed by atoms with Crippen LogP contribution in [0.25, 0.3) is 10.9 Å². The number of alkyl halides is 3. The van der Waals surface area contributed by atoms with Gasteiger partial charge in [0.25, 0.3) is 11.1 Å². The van der Waals surface area contributed by atoms with Gasteiger partial charge in [0.2, 0.25) is 0 Å². The van der Waals surface area contributed by atoms with Gasteiger partial charge in [-0.25, -0.2) is 4.98 Å². The van der Waals surface area contributed by atoms with Crippen molar-refractivity contribution in [2.45, 2.75) is 25.1 Å². The number of pyridine rings is 1. The van der Waals surface area contributed by atoms with E-state index in [-0.39, 0.29) is 29.8 Å². The summed E-state index contributed by atoms with van der Waals surface area (Å²) in [5.41, 5.74) is -3.84. The summed E-state index contributed by atoms with van der Waals surface area (Å²) in [6.07, 6.45) is -4.13. The standard InChI is InChI=1S/C13H12F3N3O3/c1-7-17-9-4-10(20)19(5-8(9)11(21)18-7)12(13(14,15)16)2-3-22-6-12/h4-5H,2-3,6H2,1H3,(H,17,18,21). The van der Waals surface area contributed by atoms with Gasteiger partial charge < -0.3 is 9.72 Å². The molecule has 0 aromatic carbocycles. The van der Waals surface area contributed by atoms with Crippen LogP contribution in [0.2, 0.25) is 0 Å². The number of fused-ring (bicyclic) bond motifs is 1. The smallest absolute Gasteiger partial charge is 0.379 e. The minimum Gasteiger partial charge on any atom is -0.379 e. The molecule has 9 heteroatoms. The van der Waals surface area contributed by atoms with Crippen LogP contribution in [0, 0.1) is 6.92 Å². The second-order valence-corrected chi connectivity index (χ2v) is 5.26. The monoisotopic (exact) mass is 315 g/mol. The van der Waals surface area contributed by atoms with Crippen molar-refractivity contribution in [1.29, 1.82) is 0 Å². The van der Waals surface area contributed by atoms with Crippen LogP contribution in [0.4, 0.5) is 13.2 Å². The number of nitrogens with zero attached hydrogens (tertiary/aromatic N) is 2. The van der Waals surface area contributed by atoms with Gasteiger partial charge in [-0.2, -0.15) is 13.2 Å². The molecule has 0 amide bonds. The van der Waals surface area contributed by atoms with Gasteiger partial charge in [-0.05, 0) is 6.92 Å². The van der Waals surface area contributed by atoms with Gasteiger partial charge in [0.05, 0.1) is 17.5 Å². The summed E-state index contributed by atoms with van der Waals surface area (Å²) in [5.74, 6) is 0.282. The molecule has 1 N–H and O–H groups in total. The summed E-state index contributed by atoms with van der Waals surface area (Å²) in [7, 11) is 0. The van der Waals surface area contributed by atoms with Gasteiger partial charge in [0.1, 0.15) is 5.82 Å². The lowest BCUT2D eigenvalue weighted by Crippen LogP contribution is -2.52. The predicted molar refractivity (Wildman–Crippen MR) is 70.8 cm³/mol. The summed E-state index contributed by atoms with van der Waals surface area (Å²) < 4.78 is 45.9. The number of aryl methyl sites for hydroxylation is 1. The molecule has 0 saturated carbocycles. The molecular formula is C13H12F3N3O3. The molecule has 3 rings (SSSR count). The van der Waals surface area contributed by atoms with Crippen LogP contribution in [-0.4, -0.2) is 33.9 Å².